The van der Waals surface area contributed by atoms with Gasteiger partial charge in [-0.1, -0.05) is 6.07 Å². The summed E-state index contributed by atoms with van der Waals surface area (Å²) < 4.78 is 51.9. The number of carbonyl (C=O) groups excluding carboxylic acids is 1. The van der Waals surface area contributed by atoms with E-state index in [1.54, 1.807) is 28.9 Å². The Hall–Kier alpha value is -2.71. The van der Waals surface area contributed by atoms with Crippen LogP contribution in [0.25, 0.3) is 0 Å². The fraction of sp³-hybridized carbons (Fsp3) is 0.353. The van der Waals surface area contributed by atoms with E-state index in [0.29, 0.717) is 31.7 Å². The Bertz CT molecular complexity index is 817. The molecule has 1 aromatic heterocycles. The lowest BCUT2D eigenvalue weighted by atomic mass is 10.1. The number of aromatic nitrogens is 2. The number of alkyl halides is 3. The van der Waals surface area contributed by atoms with E-state index in [-0.39, 0.29) is 17.3 Å². The third kappa shape index (κ3) is 3.76. The first-order valence-electron chi connectivity index (χ1n) is 7.95. The number of anilines is 1. The van der Waals surface area contributed by atoms with Crippen molar-refractivity contribution in [3.05, 3.63) is 53.2 Å². The second-order valence-electron chi connectivity index (χ2n) is 6.00. The van der Waals surface area contributed by atoms with Crippen molar-refractivity contribution < 1.29 is 22.4 Å². The van der Waals surface area contributed by atoms with E-state index in [0.717, 1.165) is 12.4 Å². The molecular weight excluding hydrogens is 352 g/mol. The van der Waals surface area contributed by atoms with Crippen LogP contribution in [0.15, 0.2) is 30.6 Å². The molecule has 2 aromatic rings. The summed E-state index contributed by atoms with van der Waals surface area (Å²) in [6.45, 7) is 2.88. The number of carbonyl (C=O) groups is 1. The van der Waals surface area contributed by atoms with Crippen LogP contribution in [0.2, 0.25) is 0 Å². The van der Waals surface area contributed by atoms with Gasteiger partial charge >= 0.3 is 6.18 Å². The van der Waals surface area contributed by atoms with E-state index >= 15 is 0 Å². The topological polar surface area (TPSA) is 49.3 Å². The average molecular weight is 368 g/mol. The van der Waals surface area contributed by atoms with Crippen LogP contribution in [0.4, 0.5) is 23.4 Å². The van der Waals surface area contributed by atoms with Gasteiger partial charge in [-0.3, -0.25) is 4.79 Å². The second-order valence-corrected chi connectivity index (χ2v) is 6.00. The lowest BCUT2D eigenvalue weighted by molar-refractivity contribution is -0.141. The Morgan fingerprint density at radius 2 is 1.77 bits per heavy atom. The van der Waals surface area contributed by atoms with Crippen molar-refractivity contribution in [2.45, 2.75) is 13.1 Å². The zero-order valence-electron chi connectivity index (χ0n) is 13.9. The van der Waals surface area contributed by atoms with Crippen molar-refractivity contribution in [1.29, 1.82) is 0 Å². The molecule has 0 radical (unpaired) electrons. The van der Waals surface area contributed by atoms with E-state index < -0.39 is 17.7 Å². The SMILES string of the molecule is Cc1ccc(C(=O)N2CCN(c3cc(C(F)(F)F)ncn3)CC2)cc1F. The van der Waals surface area contributed by atoms with Crippen LogP contribution in [0.1, 0.15) is 21.6 Å². The molecular formula is C17H16F4N4O. The largest absolute Gasteiger partial charge is 0.433 e. The van der Waals surface area contributed by atoms with Gasteiger partial charge in [-0.05, 0) is 24.6 Å². The molecule has 0 aliphatic carbocycles. The quantitative estimate of drug-likeness (QED) is 0.765. The summed E-state index contributed by atoms with van der Waals surface area (Å²) in [6.07, 6.45) is -3.66. The highest BCUT2D eigenvalue weighted by Crippen LogP contribution is 2.29. The first-order chi connectivity index (χ1) is 12.3. The molecule has 1 aliphatic heterocycles. The fourth-order valence-corrected chi connectivity index (χ4v) is 2.72. The van der Waals surface area contributed by atoms with Gasteiger partial charge in [0.25, 0.3) is 5.91 Å². The molecule has 0 atom stereocenters. The van der Waals surface area contributed by atoms with E-state index in [2.05, 4.69) is 9.97 Å². The summed E-state index contributed by atoms with van der Waals surface area (Å²) in [5, 5.41) is 0. The molecule has 0 N–H and O–H groups in total. The molecule has 1 aromatic carbocycles. The summed E-state index contributed by atoms with van der Waals surface area (Å²) in [7, 11) is 0. The number of piperazine rings is 1. The van der Waals surface area contributed by atoms with Gasteiger partial charge in [0, 0.05) is 37.8 Å². The summed E-state index contributed by atoms with van der Waals surface area (Å²) in [4.78, 5) is 22.8. The number of rotatable bonds is 2. The fourth-order valence-electron chi connectivity index (χ4n) is 2.72. The molecule has 2 heterocycles. The van der Waals surface area contributed by atoms with Crippen molar-refractivity contribution in [2.24, 2.45) is 0 Å². The molecule has 0 unspecified atom stereocenters. The smallest absolute Gasteiger partial charge is 0.353 e. The number of halogens is 4. The molecule has 26 heavy (non-hydrogen) atoms. The summed E-state index contributed by atoms with van der Waals surface area (Å²) >= 11 is 0. The predicted molar refractivity (Wildman–Crippen MR) is 86.3 cm³/mol. The third-order valence-electron chi connectivity index (χ3n) is 4.25. The van der Waals surface area contributed by atoms with Crippen LogP contribution in [0.5, 0.6) is 0 Å². The molecule has 5 nitrogen and oxygen atoms in total. The van der Waals surface area contributed by atoms with Crippen LogP contribution in [0.3, 0.4) is 0 Å². The first-order valence-corrected chi connectivity index (χ1v) is 7.95. The zero-order chi connectivity index (χ0) is 18.9. The van der Waals surface area contributed by atoms with E-state index in [1.807, 2.05) is 0 Å². The Morgan fingerprint density at radius 1 is 1.08 bits per heavy atom. The van der Waals surface area contributed by atoms with Crippen LogP contribution in [-0.4, -0.2) is 47.0 Å². The van der Waals surface area contributed by atoms with Gasteiger partial charge in [-0.2, -0.15) is 13.2 Å². The van der Waals surface area contributed by atoms with Crippen LogP contribution < -0.4 is 4.90 Å². The van der Waals surface area contributed by atoms with Gasteiger partial charge in [-0.25, -0.2) is 14.4 Å². The van der Waals surface area contributed by atoms with E-state index in [1.165, 1.54) is 6.07 Å². The van der Waals surface area contributed by atoms with Crippen LogP contribution >= 0.6 is 0 Å². The van der Waals surface area contributed by atoms with Crippen molar-refractivity contribution in [1.82, 2.24) is 14.9 Å². The van der Waals surface area contributed by atoms with E-state index in [4.69, 9.17) is 0 Å². The molecule has 1 fully saturated rings. The van der Waals surface area contributed by atoms with E-state index in [9.17, 15) is 22.4 Å². The lowest BCUT2D eigenvalue weighted by Crippen LogP contribution is -2.49. The third-order valence-corrected chi connectivity index (χ3v) is 4.25. The summed E-state index contributed by atoms with van der Waals surface area (Å²) in [6, 6.07) is 5.20. The van der Waals surface area contributed by atoms with Crippen molar-refractivity contribution in [3.63, 3.8) is 0 Å². The summed E-state index contributed by atoms with van der Waals surface area (Å²) in [5.74, 6) is -0.585. The number of amides is 1. The monoisotopic (exact) mass is 368 g/mol. The predicted octanol–water partition coefficient (Wildman–Crippen LogP) is 2.91. The second kappa shape index (κ2) is 6.89. The average Bonchev–Trinajstić information content (AvgIpc) is 2.63. The Kier molecular flexibility index (Phi) is 4.80. The molecule has 138 valence electrons. The van der Waals surface area contributed by atoms with Gasteiger partial charge < -0.3 is 9.80 Å². The number of hydrogen-bond donors (Lipinski definition) is 0. The number of benzene rings is 1. The van der Waals surface area contributed by atoms with Gasteiger partial charge in [0.1, 0.15) is 23.7 Å². The summed E-state index contributed by atoms with van der Waals surface area (Å²) in [5.41, 5.74) is -0.297. The van der Waals surface area contributed by atoms with Crippen molar-refractivity contribution in [3.8, 4) is 0 Å². The lowest BCUT2D eigenvalue weighted by Gasteiger charge is -2.35. The number of nitrogens with zero attached hydrogens (tertiary/aromatic N) is 4. The Balaban J connectivity index is 1.67. The molecule has 0 saturated carbocycles. The highest BCUT2D eigenvalue weighted by molar-refractivity contribution is 5.94. The Morgan fingerprint density at radius 3 is 2.38 bits per heavy atom. The zero-order valence-corrected chi connectivity index (χ0v) is 13.9. The van der Waals surface area contributed by atoms with Gasteiger partial charge in [0.15, 0.2) is 0 Å². The number of aryl methyl sites for hydroxylation is 1. The molecule has 1 aliphatic rings. The molecule has 9 heteroatoms. The van der Waals surface area contributed by atoms with Gasteiger partial charge in [0.2, 0.25) is 0 Å². The molecule has 1 amide bonds. The molecule has 0 spiro atoms. The highest BCUT2D eigenvalue weighted by Gasteiger charge is 2.33. The minimum absolute atomic E-state index is 0.167. The standard InChI is InChI=1S/C17H16F4N4O/c1-11-2-3-12(8-13(11)18)16(26)25-6-4-24(5-7-25)15-9-14(17(19,20)21)22-10-23-15/h2-3,8-10H,4-7H2,1H3. The van der Waals surface area contributed by atoms with Crippen LogP contribution in [-0.2, 0) is 6.18 Å². The highest BCUT2D eigenvalue weighted by atomic mass is 19.4. The maximum atomic E-state index is 13.6. The minimum atomic E-state index is -4.54. The minimum Gasteiger partial charge on any atom is -0.353 e. The molecule has 1 saturated heterocycles. The maximum Gasteiger partial charge on any atom is 0.433 e. The molecule has 0 bridgehead atoms. The first kappa shape index (κ1) is 18.1. The maximum absolute atomic E-state index is 13.6. The van der Waals surface area contributed by atoms with Gasteiger partial charge in [0.05, 0.1) is 0 Å². The number of hydrogen-bond acceptors (Lipinski definition) is 4. The Labute approximate surface area is 147 Å². The van der Waals surface area contributed by atoms with Crippen molar-refractivity contribution in [2.75, 3.05) is 31.1 Å². The normalized spacial score (nSPS) is 15.3. The van der Waals surface area contributed by atoms with Crippen LogP contribution in [0, 0.1) is 12.7 Å². The van der Waals surface area contributed by atoms with Gasteiger partial charge in [-0.15, -0.1) is 0 Å². The van der Waals surface area contributed by atoms with Crippen molar-refractivity contribution >= 4 is 11.7 Å². The molecule has 3 rings (SSSR count).